The Hall–Kier alpha value is -2.48. The van der Waals surface area contributed by atoms with Gasteiger partial charge in [0.1, 0.15) is 0 Å². The average molecular weight is 374 g/mol. The number of hydrogen-bond donors (Lipinski definition) is 1. The first-order chi connectivity index (χ1) is 12.5. The van der Waals surface area contributed by atoms with Crippen LogP contribution in [0.25, 0.3) is 0 Å². The van der Waals surface area contributed by atoms with E-state index in [9.17, 15) is 13.2 Å². The van der Waals surface area contributed by atoms with E-state index in [0.29, 0.717) is 25.1 Å². The highest BCUT2D eigenvalue weighted by molar-refractivity contribution is 7.91. The Balaban J connectivity index is 1.71. The van der Waals surface area contributed by atoms with Crippen molar-refractivity contribution in [3.63, 3.8) is 0 Å². The van der Waals surface area contributed by atoms with Crippen molar-refractivity contribution in [2.75, 3.05) is 23.0 Å². The first-order valence-electron chi connectivity index (χ1n) is 8.58. The number of sulfone groups is 1. The van der Waals surface area contributed by atoms with E-state index >= 15 is 0 Å². The number of nitrogens with zero attached hydrogens (tertiary/aromatic N) is 3. The summed E-state index contributed by atoms with van der Waals surface area (Å²) in [5.74, 6) is 0.152. The molecule has 138 valence electrons. The van der Waals surface area contributed by atoms with E-state index in [4.69, 9.17) is 0 Å². The Morgan fingerprint density at radius 1 is 1.27 bits per heavy atom. The summed E-state index contributed by atoms with van der Waals surface area (Å²) in [6.45, 7) is 3.04. The van der Waals surface area contributed by atoms with Crippen molar-refractivity contribution in [1.29, 1.82) is 0 Å². The van der Waals surface area contributed by atoms with E-state index in [2.05, 4.69) is 15.3 Å². The van der Waals surface area contributed by atoms with E-state index in [1.165, 1.54) is 6.20 Å². The van der Waals surface area contributed by atoms with Crippen LogP contribution in [0.1, 0.15) is 29.3 Å². The molecule has 1 unspecified atom stereocenters. The van der Waals surface area contributed by atoms with Crippen LogP contribution in [0.4, 0.5) is 5.69 Å². The summed E-state index contributed by atoms with van der Waals surface area (Å²) in [5, 5.41) is 2.86. The summed E-state index contributed by atoms with van der Waals surface area (Å²) in [5.41, 5.74) is 2.19. The lowest BCUT2D eigenvalue weighted by Crippen LogP contribution is -2.36. The lowest BCUT2D eigenvalue weighted by molar-refractivity contribution is 0.0950. The van der Waals surface area contributed by atoms with Crippen molar-refractivity contribution in [3.8, 4) is 0 Å². The largest absolute Gasteiger partial charge is 0.367 e. The summed E-state index contributed by atoms with van der Waals surface area (Å²) in [6, 6.07) is 5.38. The van der Waals surface area contributed by atoms with Crippen molar-refractivity contribution in [3.05, 3.63) is 54.1 Å². The molecular formula is C18H22N4O3S. The first kappa shape index (κ1) is 18.3. The Morgan fingerprint density at radius 3 is 2.69 bits per heavy atom. The SMILES string of the molecule is CCN(c1cncc(C(=O)NCc2ccncc2)c1)C1CCS(=O)(=O)C1. The number of hydrogen-bond acceptors (Lipinski definition) is 6. The minimum Gasteiger partial charge on any atom is -0.367 e. The van der Waals surface area contributed by atoms with Crippen molar-refractivity contribution in [2.24, 2.45) is 0 Å². The number of nitrogens with one attached hydrogen (secondary N) is 1. The van der Waals surface area contributed by atoms with Gasteiger partial charge in [-0.25, -0.2) is 8.42 Å². The van der Waals surface area contributed by atoms with Crippen LogP contribution in [0.5, 0.6) is 0 Å². The molecule has 1 aliphatic rings. The molecule has 1 saturated heterocycles. The summed E-state index contributed by atoms with van der Waals surface area (Å²) in [7, 11) is -2.97. The van der Waals surface area contributed by atoms with Gasteiger partial charge in [-0.3, -0.25) is 14.8 Å². The van der Waals surface area contributed by atoms with Crippen LogP contribution < -0.4 is 10.2 Å². The molecule has 0 aliphatic carbocycles. The van der Waals surface area contributed by atoms with Crippen LogP contribution in [0.2, 0.25) is 0 Å². The normalized spacial score (nSPS) is 18.4. The molecule has 0 bridgehead atoms. The maximum absolute atomic E-state index is 12.4. The molecule has 0 saturated carbocycles. The number of anilines is 1. The monoisotopic (exact) mass is 374 g/mol. The molecule has 2 aromatic rings. The molecule has 1 amide bonds. The zero-order valence-corrected chi connectivity index (χ0v) is 15.4. The molecule has 1 fully saturated rings. The average Bonchev–Trinajstić information content (AvgIpc) is 3.01. The molecule has 2 aromatic heterocycles. The smallest absolute Gasteiger partial charge is 0.253 e. The molecule has 1 N–H and O–H groups in total. The molecule has 0 radical (unpaired) electrons. The van der Waals surface area contributed by atoms with Gasteiger partial charge in [0.2, 0.25) is 0 Å². The van der Waals surface area contributed by atoms with E-state index < -0.39 is 9.84 Å². The second kappa shape index (κ2) is 7.82. The number of carbonyl (C=O) groups excluding carboxylic acids is 1. The lowest BCUT2D eigenvalue weighted by Gasteiger charge is -2.29. The van der Waals surface area contributed by atoms with Gasteiger partial charge in [-0.1, -0.05) is 0 Å². The third-order valence-electron chi connectivity index (χ3n) is 4.51. The van der Waals surface area contributed by atoms with Gasteiger partial charge >= 0.3 is 0 Å². The number of rotatable bonds is 6. The van der Waals surface area contributed by atoms with Crippen LogP contribution in [-0.4, -0.2) is 48.4 Å². The fourth-order valence-electron chi connectivity index (χ4n) is 3.17. The van der Waals surface area contributed by atoms with E-state index in [1.54, 1.807) is 24.7 Å². The Kier molecular flexibility index (Phi) is 5.51. The first-order valence-corrected chi connectivity index (χ1v) is 10.4. The minimum absolute atomic E-state index is 0.0677. The highest BCUT2D eigenvalue weighted by Gasteiger charge is 2.32. The number of pyridine rings is 2. The lowest BCUT2D eigenvalue weighted by atomic mass is 10.1. The van der Waals surface area contributed by atoms with Gasteiger partial charge in [-0.05, 0) is 37.1 Å². The summed E-state index contributed by atoms with van der Waals surface area (Å²) in [6.07, 6.45) is 7.16. The molecule has 0 aromatic carbocycles. The molecular weight excluding hydrogens is 352 g/mol. The van der Waals surface area contributed by atoms with Gasteiger partial charge in [0, 0.05) is 37.7 Å². The Morgan fingerprint density at radius 2 is 2.04 bits per heavy atom. The second-order valence-electron chi connectivity index (χ2n) is 6.31. The zero-order chi connectivity index (χ0) is 18.6. The molecule has 1 aliphatic heterocycles. The number of amides is 1. The van der Waals surface area contributed by atoms with Crippen molar-refractivity contribution < 1.29 is 13.2 Å². The van der Waals surface area contributed by atoms with Crippen LogP contribution in [-0.2, 0) is 16.4 Å². The predicted octanol–water partition coefficient (Wildman–Crippen LogP) is 1.42. The van der Waals surface area contributed by atoms with Crippen molar-refractivity contribution in [1.82, 2.24) is 15.3 Å². The summed E-state index contributed by atoms with van der Waals surface area (Å²) < 4.78 is 23.6. The molecule has 1 atom stereocenters. The molecule has 3 heterocycles. The van der Waals surface area contributed by atoms with E-state index in [-0.39, 0.29) is 23.5 Å². The molecule has 3 rings (SSSR count). The molecule has 0 spiro atoms. The second-order valence-corrected chi connectivity index (χ2v) is 8.54. The third kappa shape index (κ3) is 4.37. The van der Waals surface area contributed by atoms with Gasteiger partial charge in [0.05, 0.1) is 29.0 Å². The van der Waals surface area contributed by atoms with Gasteiger partial charge in [0.15, 0.2) is 9.84 Å². The maximum atomic E-state index is 12.4. The van der Waals surface area contributed by atoms with Gasteiger partial charge in [-0.2, -0.15) is 0 Å². The maximum Gasteiger partial charge on any atom is 0.253 e. The van der Waals surface area contributed by atoms with Gasteiger partial charge in [0.25, 0.3) is 5.91 Å². The summed E-state index contributed by atoms with van der Waals surface area (Å²) >= 11 is 0. The highest BCUT2D eigenvalue weighted by Crippen LogP contribution is 2.24. The standard InChI is InChI=1S/C18H22N4O3S/c1-2-22(16-5-8-26(24,25)13-16)17-9-15(11-20-12-17)18(23)21-10-14-3-6-19-7-4-14/h3-4,6-7,9,11-12,16H,2,5,8,10,13H2,1H3,(H,21,23). The molecule has 7 nitrogen and oxygen atoms in total. The zero-order valence-electron chi connectivity index (χ0n) is 14.6. The van der Waals surface area contributed by atoms with Crippen molar-refractivity contribution >= 4 is 21.4 Å². The highest BCUT2D eigenvalue weighted by atomic mass is 32.2. The minimum atomic E-state index is -2.97. The Labute approximate surface area is 153 Å². The molecule has 8 heteroatoms. The van der Waals surface area contributed by atoms with Crippen molar-refractivity contribution in [2.45, 2.75) is 25.9 Å². The third-order valence-corrected chi connectivity index (χ3v) is 6.26. The number of aromatic nitrogens is 2. The fourth-order valence-corrected chi connectivity index (χ4v) is 4.90. The van der Waals surface area contributed by atoms with E-state index in [0.717, 1.165) is 11.3 Å². The Bertz CT molecular complexity index is 871. The van der Waals surface area contributed by atoms with Crippen LogP contribution in [0.3, 0.4) is 0 Å². The topological polar surface area (TPSA) is 92.3 Å². The van der Waals surface area contributed by atoms with Gasteiger partial charge in [-0.15, -0.1) is 0 Å². The fraction of sp³-hybridized carbons (Fsp3) is 0.389. The number of carbonyl (C=O) groups is 1. The molecule has 26 heavy (non-hydrogen) atoms. The van der Waals surface area contributed by atoms with Crippen LogP contribution >= 0.6 is 0 Å². The quantitative estimate of drug-likeness (QED) is 0.822. The van der Waals surface area contributed by atoms with Crippen LogP contribution in [0.15, 0.2) is 43.0 Å². The van der Waals surface area contributed by atoms with Gasteiger partial charge < -0.3 is 10.2 Å². The predicted molar refractivity (Wildman–Crippen MR) is 99.7 cm³/mol. The summed E-state index contributed by atoms with van der Waals surface area (Å²) in [4.78, 5) is 22.6. The van der Waals surface area contributed by atoms with Crippen LogP contribution in [0, 0.1) is 0 Å². The van der Waals surface area contributed by atoms with E-state index in [1.807, 2.05) is 24.0 Å².